The summed E-state index contributed by atoms with van der Waals surface area (Å²) in [6, 6.07) is 6.92. The largest absolute Gasteiger partial charge is 0.401 e. The molecule has 0 atom stereocenters. The van der Waals surface area contributed by atoms with Crippen LogP contribution in [0.4, 0.5) is 18.9 Å². The van der Waals surface area contributed by atoms with Gasteiger partial charge in [0.1, 0.15) is 0 Å². The molecule has 1 rings (SSSR count). The standard InChI is InChI=1S/C12H17F3N2/c1-2-7-17(9-12(13,14)15)8-10-3-5-11(16)6-4-10/h3-6H,2,7-9,16H2,1H3. The highest BCUT2D eigenvalue weighted by Crippen LogP contribution is 2.18. The summed E-state index contributed by atoms with van der Waals surface area (Å²) in [4.78, 5) is 1.39. The molecule has 0 amide bonds. The SMILES string of the molecule is CCCN(Cc1ccc(N)cc1)CC(F)(F)F. The number of hydrogen-bond donors (Lipinski definition) is 1. The first kappa shape index (κ1) is 13.8. The number of halogens is 3. The van der Waals surface area contributed by atoms with E-state index in [0.29, 0.717) is 25.2 Å². The van der Waals surface area contributed by atoms with Crippen molar-refractivity contribution in [3.63, 3.8) is 0 Å². The predicted octanol–water partition coefficient (Wildman–Crippen LogP) is 3.04. The highest BCUT2D eigenvalue weighted by Gasteiger charge is 2.30. The molecule has 2 nitrogen and oxygen atoms in total. The highest BCUT2D eigenvalue weighted by atomic mass is 19.4. The molecular formula is C12H17F3N2. The first-order valence-corrected chi connectivity index (χ1v) is 5.54. The Kier molecular flexibility index (Phi) is 4.81. The van der Waals surface area contributed by atoms with E-state index >= 15 is 0 Å². The first-order chi connectivity index (χ1) is 7.90. The van der Waals surface area contributed by atoms with Crippen LogP contribution in [-0.2, 0) is 6.54 Å². The van der Waals surface area contributed by atoms with Gasteiger partial charge in [-0.1, -0.05) is 19.1 Å². The van der Waals surface area contributed by atoms with Crippen molar-refractivity contribution < 1.29 is 13.2 Å². The van der Waals surface area contributed by atoms with Gasteiger partial charge in [-0.3, -0.25) is 4.90 Å². The second-order valence-corrected chi connectivity index (χ2v) is 4.07. The maximum Gasteiger partial charge on any atom is 0.401 e. The van der Waals surface area contributed by atoms with Gasteiger partial charge in [0.2, 0.25) is 0 Å². The van der Waals surface area contributed by atoms with Crippen LogP contribution in [0, 0.1) is 0 Å². The Labute approximate surface area is 99.2 Å². The maximum absolute atomic E-state index is 12.3. The van der Waals surface area contributed by atoms with Crippen molar-refractivity contribution >= 4 is 5.69 Å². The Balaban J connectivity index is 2.63. The molecule has 0 aliphatic carbocycles. The van der Waals surface area contributed by atoms with Gasteiger partial charge in [0.05, 0.1) is 6.54 Å². The Morgan fingerprint density at radius 1 is 1.18 bits per heavy atom. The number of nitrogen functional groups attached to an aromatic ring is 1. The number of hydrogen-bond acceptors (Lipinski definition) is 2. The van der Waals surface area contributed by atoms with E-state index in [1.807, 2.05) is 6.92 Å². The first-order valence-electron chi connectivity index (χ1n) is 5.54. The molecule has 1 aromatic carbocycles. The quantitative estimate of drug-likeness (QED) is 0.809. The number of nitrogens with two attached hydrogens (primary N) is 1. The van der Waals surface area contributed by atoms with Crippen LogP contribution in [0.2, 0.25) is 0 Å². The van der Waals surface area contributed by atoms with E-state index in [1.54, 1.807) is 24.3 Å². The second kappa shape index (κ2) is 5.91. The van der Waals surface area contributed by atoms with Crippen LogP contribution in [0.1, 0.15) is 18.9 Å². The van der Waals surface area contributed by atoms with Crippen LogP contribution in [0.3, 0.4) is 0 Å². The number of rotatable bonds is 5. The highest BCUT2D eigenvalue weighted by molar-refractivity contribution is 5.39. The van der Waals surface area contributed by atoms with Gasteiger partial charge in [-0.05, 0) is 30.7 Å². The van der Waals surface area contributed by atoms with Crippen molar-refractivity contribution in [1.29, 1.82) is 0 Å². The van der Waals surface area contributed by atoms with Gasteiger partial charge in [0.25, 0.3) is 0 Å². The fourth-order valence-corrected chi connectivity index (χ4v) is 1.67. The fraction of sp³-hybridized carbons (Fsp3) is 0.500. The van der Waals surface area contributed by atoms with Crippen LogP contribution in [0.25, 0.3) is 0 Å². The van der Waals surface area contributed by atoms with E-state index < -0.39 is 12.7 Å². The van der Waals surface area contributed by atoms with Gasteiger partial charge in [0.15, 0.2) is 0 Å². The van der Waals surface area contributed by atoms with Crippen LogP contribution in [-0.4, -0.2) is 24.2 Å². The summed E-state index contributed by atoms with van der Waals surface area (Å²) in [5, 5.41) is 0. The van der Waals surface area contributed by atoms with Crippen LogP contribution < -0.4 is 5.73 Å². The molecule has 0 aliphatic rings. The second-order valence-electron chi connectivity index (χ2n) is 4.07. The van der Waals surface area contributed by atoms with Gasteiger partial charge in [-0.15, -0.1) is 0 Å². The number of benzene rings is 1. The molecule has 96 valence electrons. The van der Waals surface area contributed by atoms with Crippen molar-refractivity contribution in [2.45, 2.75) is 26.1 Å². The third kappa shape index (κ3) is 5.58. The molecule has 0 bridgehead atoms. The Morgan fingerprint density at radius 2 is 1.76 bits per heavy atom. The molecule has 2 N–H and O–H groups in total. The van der Waals surface area contributed by atoms with Gasteiger partial charge in [-0.2, -0.15) is 13.2 Å². The molecule has 0 saturated heterocycles. The summed E-state index contributed by atoms with van der Waals surface area (Å²) < 4.78 is 37.0. The lowest BCUT2D eigenvalue weighted by molar-refractivity contribution is -0.147. The van der Waals surface area contributed by atoms with Crippen molar-refractivity contribution in [2.24, 2.45) is 0 Å². The molecule has 0 aliphatic heterocycles. The zero-order valence-electron chi connectivity index (χ0n) is 9.80. The van der Waals surface area contributed by atoms with E-state index in [9.17, 15) is 13.2 Å². The summed E-state index contributed by atoms with van der Waals surface area (Å²) in [7, 11) is 0. The van der Waals surface area contributed by atoms with E-state index in [4.69, 9.17) is 5.73 Å². The van der Waals surface area contributed by atoms with Crippen molar-refractivity contribution in [3.8, 4) is 0 Å². The topological polar surface area (TPSA) is 29.3 Å². The third-order valence-electron chi connectivity index (χ3n) is 2.33. The molecule has 1 aromatic rings. The van der Waals surface area contributed by atoms with E-state index in [-0.39, 0.29) is 0 Å². The Bertz CT molecular complexity index is 333. The summed E-state index contributed by atoms with van der Waals surface area (Å²) in [6.45, 7) is 1.73. The van der Waals surface area contributed by atoms with Crippen molar-refractivity contribution in [1.82, 2.24) is 4.90 Å². The van der Waals surface area contributed by atoms with Gasteiger partial charge < -0.3 is 5.73 Å². The summed E-state index contributed by atoms with van der Waals surface area (Å²) in [5.74, 6) is 0. The zero-order valence-corrected chi connectivity index (χ0v) is 9.80. The lowest BCUT2D eigenvalue weighted by Gasteiger charge is -2.23. The summed E-state index contributed by atoms with van der Waals surface area (Å²) >= 11 is 0. The van der Waals surface area contributed by atoms with E-state index in [1.165, 1.54) is 4.90 Å². The Hall–Kier alpha value is -1.23. The minimum atomic E-state index is -4.15. The molecule has 5 heteroatoms. The number of nitrogens with zero attached hydrogens (tertiary/aromatic N) is 1. The van der Waals surface area contributed by atoms with Gasteiger partial charge in [-0.25, -0.2) is 0 Å². The molecule has 0 fully saturated rings. The van der Waals surface area contributed by atoms with E-state index in [0.717, 1.165) is 5.56 Å². The molecule has 0 unspecified atom stereocenters. The monoisotopic (exact) mass is 246 g/mol. The lowest BCUT2D eigenvalue weighted by Crippen LogP contribution is -2.34. The molecule has 0 radical (unpaired) electrons. The smallest absolute Gasteiger partial charge is 0.399 e. The summed E-state index contributed by atoms with van der Waals surface area (Å²) in [5.41, 5.74) is 6.99. The van der Waals surface area contributed by atoms with Crippen molar-refractivity contribution in [2.75, 3.05) is 18.8 Å². The minimum absolute atomic E-state index is 0.299. The lowest BCUT2D eigenvalue weighted by atomic mass is 10.2. The molecule has 0 aromatic heterocycles. The van der Waals surface area contributed by atoms with Gasteiger partial charge in [0, 0.05) is 12.2 Å². The number of anilines is 1. The fourth-order valence-electron chi connectivity index (χ4n) is 1.67. The normalized spacial score (nSPS) is 12.1. The van der Waals surface area contributed by atoms with Crippen molar-refractivity contribution in [3.05, 3.63) is 29.8 Å². The van der Waals surface area contributed by atoms with Crippen LogP contribution in [0.15, 0.2) is 24.3 Å². The average molecular weight is 246 g/mol. The molecule has 0 heterocycles. The van der Waals surface area contributed by atoms with Crippen LogP contribution >= 0.6 is 0 Å². The predicted molar refractivity (Wildman–Crippen MR) is 62.5 cm³/mol. The van der Waals surface area contributed by atoms with Crippen LogP contribution in [0.5, 0.6) is 0 Å². The molecule has 0 spiro atoms. The Morgan fingerprint density at radius 3 is 2.24 bits per heavy atom. The van der Waals surface area contributed by atoms with E-state index in [2.05, 4.69) is 0 Å². The summed E-state index contributed by atoms with van der Waals surface area (Å²) in [6.07, 6.45) is -3.45. The molecule has 0 saturated carbocycles. The average Bonchev–Trinajstić information content (AvgIpc) is 2.19. The molecular weight excluding hydrogens is 229 g/mol. The third-order valence-corrected chi connectivity index (χ3v) is 2.33. The molecule has 17 heavy (non-hydrogen) atoms. The minimum Gasteiger partial charge on any atom is -0.399 e. The number of alkyl halides is 3. The maximum atomic E-state index is 12.3. The zero-order chi connectivity index (χ0) is 12.9. The van der Waals surface area contributed by atoms with Gasteiger partial charge >= 0.3 is 6.18 Å².